The molecular weight excluding hydrogens is 236 g/mol. The van der Waals surface area contributed by atoms with E-state index < -0.39 is 0 Å². The molecule has 1 atom stereocenters. The Morgan fingerprint density at radius 2 is 2.05 bits per heavy atom. The zero-order chi connectivity index (χ0) is 13.9. The quantitative estimate of drug-likeness (QED) is 0.873. The minimum absolute atomic E-state index is 0.114. The highest BCUT2D eigenvalue weighted by molar-refractivity contribution is 5.79. The molecule has 0 radical (unpaired) electrons. The number of benzene rings is 1. The predicted octanol–water partition coefficient (Wildman–Crippen LogP) is 2.38. The van der Waals surface area contributed by atoms with E-state index >= 15 is 0 Å². The summed E-state index contributed by atoms with van der Waals surface area (Å²) < 4.78 is 0. The van der Waals surface area contributed by atoms with Gasteiger partial charge in [-0.25, -0.2) is 0 Å². The molecule has 1 aliphatic rings. The number of amides is 1. The van der Waals surface area contributed by atoms with Crippen molar-refractivity contribution in [3.63, 3.8) is 0 Å². The van der Waals surface area contributed by atoms with Crippen molar-refractivity contribution in [3.8, 4) is 0 Å². The molecule has 104 valence electrons. The van der Waals surface area contributed by atoms with E-state index in [4.69, 9.17) is 5.73 Å². The summed E-state index contributed by atoms with van der Waals surface area (Å²) in [6, 6.07) is 8.23. The average Bonchev–Trinajstić information content (AvgIpc) is 2.69. The molecule has 0 aromatic heterocycles. The molecule has 3 heteroatoms. The highest BCUT2D eigenvalue weighted by Crippen LogP contribution is 2.36. The summed E-state index contributed by atoms with van der Waals surface area (Å²) in [4.78, 5) is 12.1. The van der Waals surface area contributed by atoms with Gasteiger partial charge in [0.25, 0.3) is 0 Å². The third kappa shape index (κ3) is 3.80. The number of nitrogens with one attached hydrogen (secondary N) is 1. The van der Waals surface area contributed by atoms with Crippen molar-refractivity contribution in [2.45, 2.75) is 52.1 Å². The average molecular weight is 260 g/mol. The lowest BCUT2D eigenvalue weighted by molar-refractivity contribution is -0.121. The first-order chi connectivity index (χ1) is 9.00. The van der Waals surface area contributed by atoms with Gasteiger partial charge in [-0.1, -0.05) is 38.1 Å². The maximum absolute atomic E-state index is 12.1. The normalized spacial score (nSPS) is 21.3. The summed E-state index contributed by atoms with van der Waals surface area (Å²) in [5.41, 5.74) is 8.16. The standard InChI is InChI=1S/C16H24N2O/c1-16(2)8-7-14(10-16)18-15(19)9-12-5-3-4-6-13(12)11-17/h3-6,14H,7-11,17H2,1-2H3,(H,18,19). The van der Waals surface area contributed by atoms with Gasteiger partial charge in [-0.2, -0.15) is 0 Å². The van der Waals surface area contributed by atoms with E-state index in [1.165, 1.54) is 6.42 Å². The summed E-state index contributed by atoms with van der Waals surface area (Å²) in [7, 11) is 0. The first-order valence-corrected chi connectivity index (χ1v) is 7.06. The SMILES string of the molecule is CC1(C)CCC(NC(=O)Cc2ccccc2CN)C1. The minimum atomic E-state index is 0.114. The van der Waals surface area contributed by atoms with Gasteiger partial charge < -0.3 is 11.1 Å². The highest BCUT2D eigenvalue weighted by Gasteiger charge is 2.31. The van der Waals surface area contributed by atoms with Crippen LogP contribution in [-0.2, 0) is 17.8 Å². The molecule has 1 aromatic carbocycles. The minimum Gasteiger partial charge on any atom is -0.353 e. The molecule has 2 rings (SSSR count). The molecule has 0 spiro atoms. The number of carbonyl (C=O) groups is 1. The van der Waals surface area contributed by atoms with E-state index in [-0.39, 0.29) is 5.91 Å². The third-order valence-corrected chi connectivity index (χ3v) is 4.02. The maximum atomic E-state index is 12.1. The van der Waals surface area contributed by atoms with Gasteiger partial charge in [0.2, 0.25) is 5.91 Å². The van der Waals surface area contributed by atoms with Crippen LogP contribution < -0.4 is 11.1 Å². The lowest BCUT2D eigenvalue weighted by Crippen LogP contribution is -2.34. The van der Waals surface area contributed by atoms with E-state index in [0.29, 0.717) is 24.4 Å². The Labute approximate surface area is 115 Å². The lowest BCUT2D eigenvalue weighted by Gasteiger charge is -2.18. The summed E-state index contributed by atoms with van der Waals surface area (Å²) >= 11 is 0. The largest absolute Gasteiger partial charge is 0.353 e. The first kappa shape index (κ1) is 14.1. The van der Waals surface area contributed by atoms with Crippen LogP contribution in [0.2, 0.25) is 0 Å². The van der Waals surface area contributed by atoms with Crippen molar-refractivity contribution < 1.29 is 4.79 Å². The van der Waals surface area contributed by atoms with Gasteiger partial charge >= 0.3 is 0 Å². The molecule has 0 saturated heterocycles. The van der Waals surface area contributed by atoms with Crippen LogP contribution in [0.4, 0.5) is 0 Å². The monoisotopic (exact) mass is 260 g/mol. The number of hydrogen-bond donors (Lipinski definition) is 2. The molecule has 1 aromatic rings. The first-order valence-electron chi connectivity index (χ1n) is 7.06. The second-order valence-corrected chi connectivity index (χ2v) is 6.32. The molecule has 3 nitrogen and oxygen atoms in total. The van der Waals surface area contributed by atoms with Crippen LogP contribution >= 0.6 is 0 Å². The van der Waals surface area contributed by atoms with Gasteiger partial charge in [0.1, 0.15) is 0 Å². The predicted molar refractivity (Wildman–Crippen MR) is 77.6 cm³/mol. The fourth-order valence-electron chi connectivity index (χ4n) is 2.94. The zero-order valence-electron chi connectivity index (χ0n) is 11.9. The Morgan fingerprint density at radius 1 is 1.37 bits per heavy atom. The summed E-state index contributed by atoms with van der Waals surface area (Å²) in [6.45, 7) is 5.02. The number of nitrogens with two attached hydrogens (primary N) is 1. The number of carbonyl (C=O) groups excluding carboxylic acids is 1. The molecule has 3 N–H and O–H groups in total. The Kier molecular flexibility index (Phi) is 4.25. The number of rotatable bonds is 4. The van der Waals surface area contributed by atoms with Gasteiger partial charge in [0, 0.05) is 12.6 Å². The van der Waals surface area contributed by atoms with E-state index in [0.717, 1.165) is 24.0 Å². The zero-order valence-corrected chi connectivity index (χ0v) is 11.9. The van der Waals surface area contributed by atoms with Crippen molar-refractivity contribution >= 4 is 5.91 Å². The van der Waals surface area contributed by atoms with Crippen molar-refractivity contribution in [2.24, 2.45) is 11.1 Å². The van der Waals surface area contributed by atoms with Crippen LogP contribution in [0.3, 0.4) is 0 Å². The van der Waals surface area contributed by atoms with E-state index in [9.17, 15) is 4.79 Å². The molecule has 0 aliphatic heterocycles. The summed E-state index contributed by atoms with van der Waals surface area (Å²) in [5, 5.41) is 3.15. The molecule has 1 unspecified atom stereocenters. The van der Waals surface area contributed by atoms with Crippen molar-refractivity contribution in [2.75, 3.05) is 0 Å². The van der Waals surface area contributed by atoms with Crippen LogP contribution in [0, 0.1) is 5.41 Å². The van der Waals surface area contributed by atoms with Crippen molar-refractivity contribution in [1.29, 1.82) is 0 Å². The van der Waals surface area contributed by atoms with Crippen LogP contribution in [0.5, 0.6) is 0 Å². The van der Waals surface area contributed by atoms with Crippen LogP contribution in [0.1, 0.15) is 44.2 Å². The van der Waals surface area contributed by atoms with Gasteiger partial charge in [0.05, 0.1) is 6.42 Å². The fraction of sp³-hybridized carbons (Fsp3) is 0.562. The number of hydrogen-bond acceptors (Lipinski definition) is 2. The molecule has 1 aliphatic carbocycles. The third-order valence-electron chi connectivity index (χ3n) is 4.02. The second kappa shape index (κ2) is 5.74. The molecule has 1 saturated carbocycles. The molecule has 19 heavy (non-hydrogen) atoms. The van der Waals surface area contributed by atoms with Crippen LogP contribution in [0.15, 0.2) is 24.3 Å². The van der Waals surface area contributed by atoms with Crippen molar-refractivity contribution in [1.82, 2.24) is 5.32 Å². The molecule has 1 fully saturated rings. The Hall–Kier alpha value is -1.35. The summed E-state index contributed by atoms with van der Waals surface area (Å²) in [5.74, 6) is 0.114. The fourth-order valence-corrected chi connectivity index (χ4v) is 2.94. The second-order valence-electron chi connectivity index (χ2n) is 6.32. The highest BCUT2D eigenvalue weighted by atomic mass is 16.1. The van der Waals surface area contributed by atoms with Gasteiger partial charge in [-0.3, -0.25) is 4.79 Å². The van der Waals surface area contributed by atoms with E-state index in [1.54, 1.807) is 0 Å². The Balaban J connectivity index is 1.91. The molecule has 0 heterocycles. The van der Waals surface area contributed by atoms with Crippen LogP contribution in [-0.4, -0.2) is 11.9 Å². The van der Waals surface area contributed by atoms with E-state index in [2.05, 4.69) is 19.2 Å². The van der Waals surface area contributed by atoms with Crippen molar-refractivity contribution in [3.05, 3.63) is 35.4 Å². The summed E-state index contributed by atoms with van der Waals surface area (Å²) in [6.07, 6.45) is 3.80. The lowest BCUT2D eigenvalue weighted by atomic mass is 9.92. The van der Waals surface area contributed by atoms with Gasteiger partial charge in [-0.15, -0.1) is 0 Å². The van der Waals surface area contributed by atoms with Crippen LogP contribution in [0.25, 0.3) is 0 Å². The smallest absolute Gasteiger partial charge is 0.224 e. The molecule has 1 amide bonds. The topological polar surface area (TPSA) is 55.1 Å². The Morgan fingerprint density at radius 3 is 2.63 bits per heavy atom. The van der Waals surface area contributed by atoms with Gasteiger partial charge in [-0.05, 0) is 35.8 Å². The maximum Gasteiger partial charge on any atom is 0.224 e. The van der Waals surface area contributed by atoms with E-state index in [1.807, 2.05) is 24.3 Å². The molecule has 0 bridgehead atoms. The Bertz CT molecular complexity index is 454. The molecular formula is C16H24N2O. The van der Waals surface area contributed by atoms with Gasteiger partial charge in [0.15, 0.2) is 0 Å².